The van der Waals surface area contributed by atoms with E-state index < -0.39 is 0 Å². The summed E-state index contributed by atoms with van der Waals surface area (Å²) in [6, 6.07) is 13.2. The third-order valence-corrected chi connectivity index (χ3v) is 3.08. The van der Waals surface area contributed by atoms with E-state index in [1.54, 1.807) is 30.3 Å². The van der Waals surface area contributed by atoms with Crippen LogP contribution in [0.2, 0.25) is 0 Å². The van der Waals surface area contributed by atoms with Crippen molar-refractivity contribution in [3.05, 3.63) is 71.0 Å². The number of amides is 1. The highest BCUT2D eigenvalue weighted by Crippen LogP contribution is 2.07. The van der Waals surface area contributed by atoms with Crippen LogP contribution >= 0.6 is 12.2 Å². The van der Waals surface area contributed by atoms with Crippen LogP contribution in [0, 0.1) is 5.82 Å². The average Bonchev–Trinajstić information content (AvgIpc) is 2.46. The Morgan fingerprint density at radius 3 is 2.52 bits per heavy atom. The molecule has 3 nitrogen and oxygen atoms in total. The van der Waals surface area contributed by atoms with E-state index in [1.807, 2.05) is 6.07 Å². The largest absolute Gasteiger partial charge is 0.393 e. The molecule has 0 spiro atoms. The molecule has 1 amide bonds. The second-order valence-corrected chi connectivity index (χ2v) is 5.18. The molecule has 0 saturated heterocycles. The Labute approximate surface area is 128 Å². The Morgan fingerprint density at radius 1 is 1.14 bits per heavy atom. The van der Waals surface area contributed by atoms with Gasteiger partial charge in [0, 0.05) is 18.5 Å². The number of halogens is 1. The summed E-state index contributed by atoms with van der Waals surface area (Å²) >= 11 is 4.86. The van der Waals surface area contributed by atoms with Crippen molar-refractivity contribution < 1.29 is 9.18 Å². The highest BCUT2D eigenvalue weighted by atomic mass is 32.1. The molecule has 2 rings (SSSR count). The summed E-state index contributed by atoms with van der Waals surface area (Å²) in [5.41, 5.74) is 7.78. The van der Waals surface area contributed by atoms with Crippen LogP contribution in [0.4, 0.5) is 4.39 Å². The molecule has 2 aromatic rings. The zero-order valence-corrected chi connectivity index (χ0v) is 12.1. The van der Waals surface area contributed by atoms with Gasteiger partial charge in [0.15, 0.2) is 0 Å². The van der Waals surface area contributed by atoms with E-state index in [0.717, 1.165) is 11.1 Å². The van der Waals surface area contributed by atoms with Gasteiger partial charge in [-0.05, 0) is 35.4 Å². The quantitative estimate of drug-likeness (QED) is 0.835. The van der Waals surface area contributed by atoms with Crippen molar-refractivity contribution in [2.75, 3.05) is 0 Å². The van der Waals surface area contributed by atoms with Crippen LogP contribution in [0.3, 0.4) is 0 Å². The van der Waals surface area contributed by atoms with Gasteiger partial charge in [-0.1, -0.05) is 36.5 Å². The van der Waals surface area contributed by atoms with Crippen molar-refractivity contribution in [1.29, 1.82) is 0 Å². The summed E-state index contributed by atoms with van der Waals surface area (Å²) in [7, 11) is 0. The van der Waals surface area contributed by atoms with Crippen molar-refractivity contribution in [2.24, 2.45) is 5.73 Å². The lowest BCUT2D eigenvalue weighted by Gasteiger charge is -2.07. The van der Waals surface area contributed by atoms with Gasteiger partial charge >= 0.3 is 0 Å². The van der Waals surface area contributed by atoms with Crippen molar-refractivity contribution >= 4 is 23.1 Å². The summed E-state index contributed by atoms with van der Waals surface area (Å²) < 4.78 is 12.8. The van der Waals surface area contributed by atoms with Crippen LogP contribution in [-0.2, 0) is 13.0 Å². The monoisotopic (exact) mass is 302 g/mol. The van der Waals surface area contributed by atoms with E-state index in [2.05, 4.69) is 5.32 Å². The third kappa shape index (κ3) is 4.65. The lowest BCUT2D eigenvalue weighted by molar-refractivity contribution is 0.0951. The van der Waals surface area contributed by atoms with Gasteiger partial charge in [-0.25, -0.2) is 4.39 Å². The number of nitrogens with one attached hydrogen (secondary N) is 1. The number of carbonyl (C=O) groups is 1. The molecule has 0 aromatic heterocycles. The minimum atomic E-state index is -0.296. The first-order valence-electron chi connectivity index (χ1n) is 6.44. The highest BCUT2D eigenvalue weighted by molar-refractivity contribution is 7.80. The minimum absolute atomic E-state index is 0.191. The molecular weight excluding hydrogens is 287 g/mol. The van der Waals surface area contributed by atoms with Crippen molar-refractivity contribution in [3.8, 4) is 0 Å². The number of thiocarbonyl (C=S) groups is 1. The minimum Gasteiger partial charge on any atom is -0.393 e. The summed E-state index contributed by atoms with van der Waals surface area (Å²) in [4.78, 5) is 12.5. The summed E-state index contributed by atoms with van der Waals surface area (Å²) in [6.07, 6.45) is 0.467. The van der Waals surface area contributed by atoms with Gasteiger partial charge in [-0.15, -0.1) is 0 Å². The second kappa shape index (κ2) is 6.95. The summed E-state index contributed by atoms with van der Waals surface area (Å²) in [5.74, 6) is -0.486. The predicted molar refractivity (Wildman–Crippen MR) is 84.5 cm³/mol. The van der Waals surface area contributed by atoms with Gasteiger partial charge in [0.1, 0.15) is 5.82 Å². The molecule has 0 bridgehead atoms. The van der Waals surface area contributed by atoms with Gasteiger partial charge in [0.05, 0.1) is 4.99 Å². The molecule has 3 N–H and O–H groups in total. The van der Waals surface area contributed by atoms with Crippen LogP contribution in [0.1, 0.15) is 21.5 Å². The van der Waals surface area contributed by atoms with Gasteiger partial charge < -0.3 is 11.1 Å². The first-order valence-corrected chi connectivity index (χ1v) is 6.85. The van der Waals surface area contributed by atoms with Crippen LogP contribution in [0.25, 0.3) is 0 Å². The van der Waals surface area contributed by atoms with Gasteiger partial charge in [-0.2, -0.15) is 0 Å². The fourth-order valence-corrected chi connectivity index (χ4v) is 2.08. The van der Waals surface area contributed by atoms with E-state index >= 15 is 0 Å². The molecule has 0 fully saturated rings. The van der Waals surface area contributed by atoms with Crippen molar-refractivity contribution in [1.82, 2.24) is 5.32 Å². The molecule has 0 unspecified atom stereocenters. The van der Waals surface area contributed by atoms with Crippen molar-refractivity contribution in [3.63, 3.8) is 0 Å². The zero-order chi connectivity index (χ0) is 15.2. The Hall–Kier alpha value is -2.27. The molecule has 21 heavy (non-hydrogen) atoms. The van der Waals surface area contributed by atoms with Crippen LogP contribution in [-0.4, -0.2) is 10.9 Å². The number of rotatable bonds is 5. The van der Waals surface area contributed by atoms with E-state index in [0.29, 0.717) is 23.5 Å². The molecule has 0 radical (unpaired) electrons. The lowest BCUT2D eigenvalue weighted by Crippen LogP contribution is -2.23. The first kappa shape index (κ1) is 15.1. The smallest absolute Gasteiger partial charge is 0.251 e. The summed E-state index contributed by atoms with van der Waals surface area (Å²) in [5, 5.41) is 2.79. The van der Waals surface area contributed by atoms with Crippen LogP contribution in [0.15, 0.2) is 48.5 Å². The number of carbonyl (C=O) groups excluding carboxylic acids is 1. The fourth-order valence-electron chi connectivity index (χ4n) is 1.91. The molecule has 2 aromatic carbocycles. The number of hydrogen-bond donors (Lipinski definition) is 2. The Kier molecular flexibility index (Phi) is 5.00. The van der Waals surface area contributed by atoms with Gasteiger partial charge in [-0.3, -0.25) is 4.79 Å². The maximum absolute atomic E-state index is 12.8. The van der Waals surface area contributed by atoms with Gasteiger partial charge in [0.2, 0.25) is 0 Å². The SMILES string of the molecule is NC(=S)Cc1cccc(C(=O)NCc2ccc(F)cc2)c1. The molecule has 0 heterocycles. The molecule has 0 aliphatic carbocycles. The second-order valence-electron chi connectivity index (χ2n) is 4.65. The topological polar surface area (TPSA) is 55.1 Å². The molecule has 0 saturated carbocycles. The number of benzene rings is 2. The summed E-state index contributed by atoms with van der Waals surface area (Å²) in [6.45, 7) is 0.346. The maximum Gasteiger partial charge on any atom is 0.251 e. The van der Waals surface area contributed by atoms with Crippen LogP contribution in [0.5, 0.6) is 0 Å². The fraction of sp³-hybridized carbons (Fsp3) is 0.125. The molecule has 0 aliphatic rings. The van der Waals surface area contributed by atoms with Crippen molar-refractivity contribution in [2.45, 2.75) is 13.0 Å². The third-order valence-electron chi connectivity index (χ3n) is 2.93. The molecule has 0 aliphatic heterocycles. The first-order chi connectivity index (χ1) is 10.0. The molecular formula is C16H15FN2OS. The van der Waals surface area contributed by atoms with E-state index in [9.17, 15) is 9.18 Å². The lowest BCUT2D eigenvalue weighted by atomic mass is 10.1. The molecule has 5 heteroatoms. The Morgan fingerprint density at radius 2 is 1.86 bits per heavy atom. The van der Waals surface area contributed by atoms with E-state index in [-0.39, 0.29) is 11.7 Å². The maximum atomic E-state index is 12.8. The molecule has 108 valence electrons. The zero-order valence-electron chi connectivity index (χ0n) is 11.3. The highest BCUT2D eigenvalue weighted by Gasteiger charge is 2.06. The van der Waals surface area contributed by atoms with Crippen LogP contribution < -0.4 is 11.1 Å². The van der Waals surface area contributed by atoms with E-state index in [4.69, 9.17) is 18.0 Å². The normalized spacial score (nSPS) is 10.1. The number of hydrogen-bond acceptors (Lipinski definition) is 2. The average molecular weight is 302 g/mol. The molecule has 0 atom stereocenters. The Balaban J connectivity index is 1.99. The Bertz CT molecular complexity index is 656. The standard InChI is InChI=1S/C16H15FN2OS/c17-14-6-4-11(5-7-14)10-19-16(20)13-3-1-2-12(8-13)9-15(18)21/h1-8H,9-10H2,(H2,18,21)(H,19,20). The predicted octanol–water partition coefficient (Wildman–Crippen LogP) is 2.58. The van der Waals surface area contributed by atoms with Gasteiger partial charge in [0.25, 0.3) is 5.91 Å². The number of nitrogens with two attached hydrogens (primary N) is 1. The van der Waals surface area contributed by atoms with E-state index in [1.165, 1.54) is 12.1 Å².